The Balaban J connectivity index is 2.56. The molecule has 0 unspecified atom stereocenters. The molecule has 0 radical (unpaired) electrons. The lowest BCUT2D eigenvalue weighted by Gasteiger charge is -2.08. The van der Waals surface area contributed by atoms with Crippen molar-refractivity contribution in [1.29, 1.82) is 0 Å². The summed E-state index contributed by atoms with van der Waals surface area (Å²) in [6, 6.07) is 0. The van der Waals surface area contributed by atoms with E-state index in [0.29, 0.717) is 31.3 Å². The second-order valence-electron chi connectivity index (χ2n) is 4.17. The quantitative estimate of drug-likeness (QED) is 0.568. The van der Waals surface area contributed by atoms with Crippen LogP contribution in [0.15, 0.2) is 12.2 Å². The summed E-state index contributed by atoms with van der Waals surface area (Å²) in [4.78, 5) is 11.1. The van der Waals surface area contributed by atoms with Crippen LogP contribution in [0, 0.1) is 6.92 Å². The number of hydrogen-bond donors (Lipinski definition) is 2. The van der Waals surface area contributed by atoms with Gasteiger partial charge in [-0.3, -0.25) is 4.68 Å². The molecule has 6 nitrogen and oxygen atoms in total. The SMILES string of the molecule is C=C(C)COCCNc1c(C(=O)O)c(C)nn1C. The number of aromatic nitrogens is 2. The van der Waals surface area contributed by atoms with E-state index >= 15 is 0 Å². The highest BCUT2D eigenvalue weighted by Crippen LogP contribution is 2.18. The van der Waals surface area contributed by atoms with Crippen LogP contribution in [0.2, 0.25) is 0 Å². The molecule has 0 bridgehead atoms. The van der Waals surface area contributed by atoms with E-state index in [1.807, 2.05) is 6.92 Å². The first kappa shape index (κ1) is 14.2. The van der Waals surface area contributed by atoms with Crippen LogP contribution in [-0.2, 0) is 11.8 Å². The van der Waals surface area contributed by atoms with Crippen LogP contribution in [0.4, 0.5) is 5.82 Å². The van der Waals surface area contributed by atoms with Gasteiger partial charge in [-0.1, -0.05) is 12.2 Å². The number of hydrogen-bond acceptors (Lipinski definition) is 4. The van der Waals surface area contributed by atoms with Crippen LogP contribution in [0.5, 0.6) is 0 Å². The van der Waals surface area contributed by atoms with Crippen LogP contribution in [0.1, 0.15) is 23.0 Å². The van der Waals surface area contributed by atoms with Gasteiger partial charge in [0.15, 0.2) is 0 Å². The van der Waals surface area contributed by atoms with Gasteiger partial charge in [0.25, 0.3) is 0 Å². The van der Waals surface area contributed by atoms with Crippen molar-refractivity contribution in [3.05, 3.63) is 23.4 Å². The second kappa shape index (κ2) is 6.20. The van der Waals surface area contributed by atoms with E-state index in [1.165, 1.54) is 4.68 Å². The highest BCUT2D eigenvalue weighted by atomic mass is 16.5. The summed E-state index contributed by atoms with van der Waals surface area (Å²) in [6.45, 7) is 8.81. The molecular formula is C12H19N3O3. The minimum Gasteiger partial charge on any atom is -0.477 e. The van der Waals surface area contributed by atoms with Crippen LogP contribution in [0.25, 0.3) is 0 Å². The third-order valence-corrected chi connectivity index (χ3v) is 2.32. The molecule has 0 aliphatic heterocycles. The Hall–Kier alpha value is -1.82. The molecule has 1 heterocycles. The van der Waals surface area contributed by atoms with Crippen LogP contribution in [-0.4, -0.2) is 40.6 Å². The average molecular weight is 253 g/mol. The van der Waals surface area contributed by atoms with Gasteiger partial charge >= 0.3 is 5.97 Å². The highest BCUT2D eigenvalue weighted by Gasteiger charge is 2.18. The number of ether oxygens (including phenoxy) is 1. The van der Waals surface area contributed by atoms with Gasteiger partial charge in [0.2, 0.25) is 0 Å². The van der Waals surface area contributed by atoms with Gasteiger partial charge in [-0.25, -0.2) is 4.79 Å². The van der Waals surface area contributed by atoms with E-state index in [4.69, 9.17) is 9.84 Å². The molecule has 0 aliphatic rings. The Kier molecular flexibility index (Phi) is 4.91. The number of carboxylic acid groups (broad SMARTS) is 1. The van der Waals surface area contributed by atoms with Gasteiger partial charge in [-0.15, -0.1) is 0 Å². The maximum atomic E-state index is 11.1. The number of anilines is 1. The molecule has 0 saturated heterocycles. The molecule has 6 heteroatoms. The minimum atomic E-state index is -0.981. The minimum absolute atomic E-state index is 0.206. The Morgan fingerprint density at radius 1 is 1.61 bits per heavy atom. The second-order valence-corrected chi connectivity index (χ2v) is 4.17. The molecule has 100 valence electrons. The number of carboxylic acids is 1. The van der Waals surface area contributed by atoms with Gasteiger partial charge in [0.05, 0.1) is 18.9 Å². The van der Waals surface area contributed by atoms with Crippen molar-refractivity contribution in [2.24, 2.45) is 7.05 Å². The van der Waals surface area contributed by atoms with E-state index in [-0.39, 0.29) is 5.56 Å². The van der Waals surface area contributed by atoms with Gasteiger partial charge in [-0.05, 0) is 13.8 Å². The molecule has 0 aromatic carbocycles. The van der Waals surface area contributed by atoms with Crippen molar-refractivity contribution in [3.63, 3.8) is 0 Å². The standard InChI is InChI=1S/C12H19N3O3/c1-8(2)7-18-6-5-13-11-10(12(16)17)9(3)14-15(11)4/h13H,1,5-7H2,2-4H3,(H,16,17). The first-order valence-electron chi connectivity index (χ1n) is 5.66. The third-order valence-electron chi connectivity index (χ3n) is 2.32. The zero-order valence-electron chi connectivity index (χ0n) is 11.0. The smallest absolute Gasteiger partial charge is 0.341 e. The fraction of sp³-hybridized carbons (Fsp3) is 0.500. The molecule has 0 spiro atoms. The van der Waals surface area contributed by atoms with Crippen molar-refractivity contribution in [1.82, 2.24) is 9.78 Å². The van der Waals surface area contributed by atoms with Gasteiger partial charge in [0.1, 0.15) is 11.4 Å². The highest BCUT2D eigenvalue weighted by molar-refractivity contribution is 5.94. The van der Waals surface area contributed by atoms with Crippen molar-refractivity contribution in [2.45, 2.75) is 13.8 Å². The summed E-state index contributed by atoms with van der Waals surface area (Å²) in [5.41, 5.74) is 1.66. The Bertz CT molecular complexity index is 452. The fourth-order valence-corrected chi connectivity index (χ4v) is 1.61. The Labute approximate surface area is 106 Å². The van der Waals surface area contributed by atoms with Crippen molar-refractivity contribution in [2.75, 3.05) is 25.1 Å². The lowest BCUT2D eigenvalue weighted by atomic mass is 10.2. The number of carbonyl (C=O) groups is 1. The first-order chi connectivity index (χ1) is 8.43. The molecular weight excluding hydrogens is 234 g/mol. The topological polar surface area (TPSA) is 76.4 Å². The predicted molar refractivity (Wildman–Crippen MR) is 69.0 cm³/mol. The van der Waals surface area contributed by atoms with Crippen molar-refractivity contribution in [3.8, 4) is 0 Å². The third kappa shape index (κ3) is 3.59. The number of nitrogens with one attached hydrogen (secondary N) is 1. The summed E-state index contributed by atoms with van der Waals surface area (Å²) >= 11 is 0. The van der Waals surface area contributed by atoms with Crippen LogP contribution < -0.4 is 5.32 Å². The number of nitrogens with zero attached hydrogens (tertiary/aromatic N) is 2. The molecule has 0 fully saturated rings. The Morgan fingerprint density at radius 3 is 2.83 bits per heavy atom. The molecule has 18 heavy (non-hydrogen) atoms. The molecule has 1 rings (SSSR count). The molecule has 0 atom stereocenters. The normalized spacial score (nSPS) is 10.4. The van der Waals surface area contributed by atoms with Crippen LogP contribution >= 0.6 is 0 Å². The molecule has 0 aliphatic carbocycles. The molecule has 1 aromatic heterocycles. The first-order valence-corrected chi connectivity index (χ1v) is 5.66. The van der Waals surface area contributed by atoms with E-state index in [2.05, 4.69) is 17.0 Å². The summed E-state index contributed by atoms with van der Waals surface area (Å²) < 4.78 is 6.85. The van der Waals surface area contributed by atoms with Gasteiger partial charge < -0.3 is 15.2 Å². The lowest BCUT2D eigenvalue weighted by Crippen LogP contribution is -2.14. The summed E-state index contributed by atoms with van der Waals surface area (Å²) in [5.74, 6) is -0.482. The maximum Gasteiger partial charge on any atom is 0.341 e. The van der Waals surface area contributed by atoms with Crippen molar-refractivity contribution < 1.29 is 14.6 Å². The number of aryl methyl sites for hydroxylation is 2. The zero-order chi connectivity index (χ0) is 13.7. The lowest BCUT2D eigenvalue weighted by molar-refractivity contribution is 0.0697. The molecule has 2 N–H and O–H groups in total. The Morgan fingerprint density at radius 2 is 2.28 bits per heavy atom. The van der Waals surface area contributed by atoms with Gasteiger partial charge in [0, 0.05) is 13.6 Å². The maximum absolute atomic E-state index is 11.1. The van der Waals surface area contributed by atoms with Gasteiger partial charge in [-0.2, -0.15) is 5.10 Å². The summed E-state index contributed by atoms with van der Waals surface area (Å²) in [7, 11) is 1.70. The van der Waals surface area contributed by atoms with Crippen molar-refractivity contribution >= 4 is 11.8 Å². The average Bonchev–Trinajstić information content (AvgIpc) is 2.52. The van der Waals surface area contributed by atoms with E-state index in [9.17, 15) is 4.79 Å². The monoisotopic (exact) mass is 253 g/mol. The number of aromatic carboxylic acids is 1. The molecule has 1 aromatic rings. The van der Waals surface area contributed by atoms with Crippen LogP contribution in [0.3, 0.4) is 0 Å². The van der Waals surface area contributed by atoms with E-state index < -0.39 is 5.97 Å². The molecule has 0 saturated carbocycles. The predicted octanol–water partition coefficient (Wildman–Crippen LogP) is 1.43. The fourth-order valence-electron chi connectivity index (χ4n) is 1.61. The summed E-state index contributed by atoms with van der Waals surface area (Å²) in [6.07, 6.45) is 0. The molecule has 0 amide bonds. The largest absolute Gasteiger partial charge is 0.477 e. The van der Waals surface area contributed by atoms with E-state index in [0.717, 1.165) is 5.57 Å². The van der Waals surface area contributed by atoms with E-state index in [1.54, 1.807) is 14.0 Å². The zero-order valence-corrected chi connectivity index (χ0v) is 11.0. The summed E-state index contributed by atoms with van der Waals surface area (Å²) in [5, 5.41) is 16.2. The number of rotatable bonds is 7.